The Morgan fingerprint density at radius 1 is 1.15 bits per heavy atom. The number of nitrogens with zero attached hydrogens (tertiary/aromatic N) is 2. The molecule has 7 heteroatoms. The Morgan fingerprint density at radius 2 is 1.85 bits per heavy atom. The van der Waals surface area contributed by atoms with Crippen LogP contribution in [0.15, 0.2) is 29.3 Å². The molecule has 1 amide bonds. The van der Waals surface area contributed by atoms with Crippen molar-refractivity contribution in [3.63, 3.8) is 0 Å². The van der Waals surface area contributed by atoms with Crippen LogP contribution in [-0.4, -0.2) is 64.2 Å². The second-order valence-corrected chi connectivity index (χ2v) is 6.06. The summed E-state index contributed by atoms with van der Waals surface area (Å²) in [4.78, 5) is 17.5. The van der Waals surface area contributed by atoms with Gasteiger partial charge in [-0.15, -0.1) is 0 Å². The summed E-state index contributed by atoms with van der Waals surface area (Å²) >= 11 is 0. The Labute approximate surface area is 156 Å². The van der Waals surface area contributed by atoms with Crippen LogP contribution in [0.5, 0.6) is 5.75 Å². The van der Waals surface area contributed by atoms with Crippen molar-refractivity contribution in [2.24, 2.45) is 4.99 Å². The van der Waals surface area contributed by atoms with E-state index in [2.05, 4.69) is 22.5 Å². The molecule has 26 heavy (non-hydrogen) atoms. The standard InChI is InChI=1S/C19H32N4O3/c1-5-6-11-20-19(22-14-18(24)23(2)3)21-12-13-26-15-16-7-9-17(25-4)10-8-16/h7-10H,5-6,11-15H2,1-4H3,(H2,20,21,22). The molecule has 0 saturated heterocycles. The summed E-state index contributed by atoms with van der Waals surface area (Å²) < 4.78 is 10.8. The minimum Gasteiger partial charge on any atom is -0.497 e. The molecular weight excluding hydrogens is 332 g/mol. The number of carbonyl (C=O) groups is 1. The van der Waals surface area contributed by atoms with Gasteiger partial charge in [0.25, 0.3) is 0 Å². The molecule has 0 aromatic heterocycles. The first-order valence-electron chi connectivity index (χ1n) is 8.99. The predicted octanol–water partition coefficient (Wildman–Crippen LogP) is 1.64. The average Bonchev–Trinajstić information content (AvgIpc) is 2.65. The average molecular weight is 364 g/mol. The van der Waals surface area contributed by atoms with E-state index in [0.29, 0.717) is 25.7 Å². The zero-order valence-corrected chi connectivity index (χ0v) is 16.4. The van der Waals surface area contributed by atoms with Crippen LogP contribution < -0.4 is 15.4 Å². The maximum absolute atomic E-state index is 11.7. The summed E-state index contributed by atoms with van der Waals surface area (Å²) in [6, 6.07) is 7.80. The lowest BCUT2D eigenvalue weighted by atomic mass is 10.2. The zero-order valence-electron chi connectivity index (χ0n) is 16.4. The van der Waals surface area contributed by atoms with Gasteiger partial charge in [0.2, 0.25) is 5.91 Å². The number of likely N-dealkylation sites (N-methyl/N-ethyl adjacent to an activating group) is 1. The zero-order chi connectivity index (χ0) is 19.2. The molecule has 1 aromatic rings. The molecule has 0 radical (unpaired) electrons. The lowest BCUT2D eigenvalue weighted by molar-refractivity contribution is -0.127. The van der Waals surface area contributed by atoms with Crippen molar-refractivity contribution in [2.75, 3.05) is 47.4 Å². The molecule has 146 valence electrons. The van der Waals surface area contributed by atoms with Crippen molar-refractivity contribution in [2.45, 2.75) is 26.4 Å². The molecule has 0 atom stereocenters. The highest BCUT2D eigenvalue weighted by atomic mass is 16.5. The molecule has 0 aliphatic carbocycles. The molecule has 0 heterocycles. The third kappa shape index (κ3) is 9.27. The van der Waals surface area contributed by atoms with Crippen molar-refractivity contribution < 1.29 is 14.3 Å². The summed E-state index contributed by atoms with van der Waals surface area (Å²) in [5, 5.41) is 6.44. The Kier molecular flexibility index (Phi) is 10.9. The van der Waals surface area contributed by atoms with Crippen LogP contribution in [0.3, 0.4) is 0 Å². The van der Waals surface area contributed by atoms with E-state index in [1.165, 1.54) is 4.90 Å². The van der Waals surface area contributed by atoms with Gasteiger partial charge in [-0.05, 0) is 24.1 Å². The molecular formula is C19H32N4O3. The van der Waals surface area contributed by atoms with E-state index in [0.717, 1.165) is 30.7 Å². The fourth-order valence-corrected chi connectivity index (χ4v) is 2.00. The second-order valence-electron chi connectivity index (χ2n) is 6.06. The largest absolute Gasteiger partial charge is 0.497 e. The fourth-order valence-electron chi connectivity index (χ4n) is 2.00. The van der Waals surface area contributed by atoms with Gasteiger partial charge in [0.1, 0.15) is 12.3 Å². The van der Waals surface area contributed by atoms with Crippen molar-refractivity contribution in [3.8, 4) is 5.75 Å². The van der Waals surface area contributed by atoms with E-state index >= 15 is 0 Å². The van der Waals surface area contributed by atoms with Gasteiger partial charge < -0.3 is 25.0 Å². The Morgan fingerprint density at radius 3 is 2.46 bits per heavy atom. The minimum atomic E-state index is -0.0302. The number of hydrogen-bond acceptors (Lipinski definition) is 4. The fraction of sp³-hybridized carbons (Fsp3) is 0.579. The van der Waals surface area contributed by atoms with Gasteiger partial charge in [-0.1, -0.05) is 25.5 Å². The number of rotatable bonds is 11. The highest BCUT2D eigenvalue weighted by molar-refractivity contribution is 5.84. The van der Waals surface area contributed by atoms with Gasteiger partial charge in [-0.3, -0.25) is 4.79 Å². The summed E-state index contributed by atoms with van der Waals surface area (Å²) in [7, 11) is 5.10. The molecule has 0 aliphatic rings. The summed E-state index contributed by atoms with van der Waals surface area (Å²) in [5.74, 6) is 1.45. The first kappa shape index (κ1) is 21.8. The maximum Gasteiger partial charge on any atom is 0.243 e. The van der Waals surface area contributed by atoms with Crippen molar-refractivity contribution >= 4 is 11.9 Å². The number of methoxy groups -OCH3 is 1. The van der Waals surface area contributed by atoms with Crippen LogP contribution in [-0.2, 0) is 16.1 Å². The number of unbranched alkanes of at least 4 members (excludes halogenated alkanes) is 1. The second kappa shape index (κ2) is 13.0. The minimum absolute atomic E-state index is 0.0302. The number of benzene rings is 1. The van der Waals surface area contributed by atoms with Crippen LogP contribution in [0.2, 0.25) is 0 Å². The van der Waals surface area contributed by atoms with Crippen molar-refractivity contribution in [1.29, 1.82) is 0 Å². The number of carbonyl (C=O) groups excluding carboxylic acids is 1. The maximum atomic E-state index is 11.7. The van der Waals surface area contributed by atoms with E-state index in [-0.39, 0.29) is 12.5 Å². The highest BCUT2D eigenvalue weighted by Gasteiger charge is 2.04. The first-order valence-corrected chi connectivity index (χ1v) is 8.99. The van der Waals surface area contributed by atoms with Crippen LogP contribution in [0.4, 0.5) is 0 Å². The van der Waals surface area contributed by atoms with Crippen LogP contribution in [0, 0.1) is 0 Å². The molecule has 0 bridgehead atoms. The van der Waals surface area contributed by atoms with Gasteiger partial charge in [-0.2, -0.15) is 0 Å². The number of amides is 1. The summed E-state index contributed by atoms with van der Waals surface area (Å²) in [5.41, 5.74) is 1.09. The Balaban J connectivity index is 2.34. The van der Waals surface area contributed by atoms with Crippen LogP contribution in [0.1, 0.15) is 25.3 Å². The van der Waals surface area contributed by atoms with E-state index in [1.54, 1.807) is 21.2 Å². The predicted molar refractivity (Wildman–Crippen MR) is 105 cm³/mol. The molecule has 0 spiro atoms. The van der Waals surface area contributed by atoms with Crippen molar-refractivity contribution in [3.05, 3.63) is 29.8 Å². The van der Waals surface area contributed by atoms with Gasteiger partial charge in [0.15, 0.2) is 5.96 Å². The third-order valence-electron chi connectivity index (χ3n) is 3.66. The van der Waals surface area contributed by atoms with Crippen LogP contribution in [0.25, 0.3) is 0 Å². The number of guanidine groups is 1. The molecule has 1 rings (SSSR count). The molecule has 1 aromatic carbocycles. The van der Waals surface area contributed by atoms with Gasteiger partial charge in [-0.25, -0.2) is 4.99 Å². The Hall–Kier alpha value is -2.28. The van der Waals surface area contributed by atoms with Gasteiger partial charge in [0.05, 0.1) is 20.3 Å². The molecule has 0 unspecified atom stereocenters. The van der Waals surface area contributed by atoms with Crippen molar-refractivity contribution in [1.82, 2.24) is 15.5 Å². The highest BCUT2D eigenvalue weighted by Crippen LogP contribution is 2.11. The topological polar surface area (TPSA) is 75.2 Å². The molecule has 0 fully saturated rings. The van der Waals surface area contributed by atoms with Crippen LogP contribution >= 0.6 is 0 Å². The number of nitrogens with one attached hydrogen (secondary N) is 2. The number of ether oxygens (including phenoxy) is 2. The molecule has 2 N–H and O–H groups in total. The molecule has 7 nitrogen and oxygen atoms in total. The van der Waals surface area contributed by atoms with Gasteiger partial charge in [0, 0.05) is 27.2 Å². The number of aliphatic imine (C=N–C) groups is 1. The van der Waals surface area contributed by atoms with E-state index < -0.39 is 0 Å². The Bertz CT molecular complexity index is 544. The summed E-state index contributed by atoms with van der Waals surface area (Å²) in [6.45, 7) is 4.79. The normalized spacial score (nSPS) is 11.2. The smallest absolute Gasteiger partial charge is 0.243 e. The van der Waals surface area contributed by atoms with E-state index in [4.69, 9.17) is 9.47 Å². The summed E-state index contributed by atoms with van der Waals surface area (Å²) in [6.07, 6.45) is 2.15. The lowest BCUT2D eigenvalue weighted by Gasteiger charge is -2.14. The molecule has 0 saturated carbocycles. The first-order chi connectivity index (χ1) is 12.6. The third-order valence-corrected chi connectivity index (χ3v) is 3.66. The van der Waals surface area contributed by atoms with E-state index in [9.17, 15) is 4.79 Å². The van der Waals surface area contributed by atoms with Gasteiger partial charge >= 0.3 is 0 Å². The quantitative estimate of drug-likeness (QED) is 0.355. The monoisotopic (exact) mass is 364 g/mol. The lowest BCUT2D eigenvalue weighted by Crippen LogP contribution is -2.40. The van der Waals surface area contributed by atoms with E-state index in [1.807, 2.05) is 24.3 Å². The molecule has 0 aliphatic heterocycles. The SMILES string of the molecule is CCCCNC(=NCC(=O)N(C)C)NCCOCc1ccc(OC)cc1. The number of hydrogen-bond donors (Lipinski definition) is 2.